The molecule has 0 radical (unpaired) electrons. The second-order valence-electron chi connectivity index (χ2n) is 8.32. The Bertz CT molecular complexity index is 1310. The highest BCUT2D eigenvalue weighted by Crippen LogP contribution is 2.28. The van der Waals surface area contributed by atoms with Gasteiger partial charge in [0.15, 0.2) is 23.2 Å². The van der Waals surface area contributed by atoms with Gasteiger partial charge in [-0.3, -0.25) is 14.4 Å². The van der Waals surface area contributed by atoms with Gasteiger partial charge in [0.05, 0.1) is 25.1 Å². The predicted octanol–water partition coefficient (Wildman–Crippen LogP) is 4.10. The summed E-state index contributed by atoms with van der Waals surface area (Å²) in [6.07, 6.45) is 1.76. The van der Waals surface area contributed by atoms with Gasteiger partial charge >= 0.3 is 0 Å². The summed E-state index contributed by atoms with van der Waals surface area (Å²) in [4.78, 5) is 37.0. The third-order valence-electron chi connectivity index (χ3n) is 5.49. The minimum absolute atomic E-state index is 0.0424. The number of carbonyl (C=O) groups is 2. The van der Waals surface area contributed by atoms with Gasteiger partial charge in [-0.1, -0.05) is 13.0 Å². The molecule has 2 heterocycles. The van der Waals surface area contributed by atoms with Gasteiger partial charge in [0, 0.05) is 24.4 Å². The average molecular weight is 470 g/mol. The molecule has 0 spiro atoms. The first-order chi connectivity index (χ1) is 16.2. The number of hydrogen-bond acceptors (Lipinski definition) is 4. The number of rotatable bonds is 8. The summed E-state index contributed by atoms with van der Waals surface area (Å²) in [6.45, 7) is 1.80. The molecule has 176 valence electrons. The molecule has 2 aromatic carbocycles. The number of ketones is 1. The molecule has 6 nitrogen and oxygen atoms in total. The fourth-order valence-electron chi connectivity index (χ4n) is 3.78. The highest BCUT2D eigenvalue weighted by molar-refractivity contribution is 5.99. The highest BCUT2D eigenvalue weighted by atomic mass is 19.2. The summed E-state index contributed by atoms with van der Waals surface area (Å²) in [5.74, 6) is -4.42. The summed E-state index contributed by atoms with van der Waals surface area (Å²) in [7, 11) is 0. The number of anilines is 1. The van der Waals surface area contributed by atoms with E-state index in [9.17, 15) is 27.6 Å². The van der Waals surface area contributed by atoms with Crippen LogP contribution in [-0.4, -0.2) is 22.9 Å². The second kappa shape index (κ2) is 9.54. The van der Waals surface area contributed by atoms with Gasteiger partial charge in [0.1, 0.15) is 5.75 Å². The Kier molecular flexibility index (Phi) is 6.54. The lowest BCUT2D eigenvalue weighted by Gasteiger charge is -2.14. The molecule has 1 N–H and O–H groups in total. The van der Waals surface area contributed by atoms with Crippen LogP contribution < -0.4 is 15.6 Å². The number of halogens is 3. The summed E-state index contributed by atoms with van der Waals surface area (Å²) < 4.78 is 47.0. The molecular weight excluding hydrogens is 449 g/mol. The van der Waals surface area contributed by atoms with Crippen molar-refractivity contribution in [3.05, 3.63) is 93.2 Å². The van der Waals surface area contributed by atoms with Crippen molar-refractivity contribution >= 4 is 17.4 Å². The molecule has 1 aliphatic heterocycles. The number of ether oxygens (including phenoxy) is 1. The first kappa shape index (κ1) is 23.3. The molecule has 0 fully saturated rings. The third kappa shape index (κ3) is 5.03. The Morgan fingerprint density at radius 2 is 1.85 bits per heavy atom. The molecule has 34 heavy (non-hydrogen) atoms. The zero-order valence-corrected chi connectivity index (χ0v) is 18.2. The van der Waals surface area contributed by atoms with Gasteiger partial charge < -0.3 is 14.6 Å². The fraction of sp³-hybridized carbons (Fsp3) is 0.240. The number of nitrogens with one attached hydrogen (secondary N) is 1. The zero-order valence-electron chi connectivity index (χ0n) is 18.2. The van der Waals surface area contributed by atoms with Crippen LogP contribution in [0.1, 0.15) is 34.8 Å². The van der Waals surface area contributed by atoms with E-state index in [1.54, 1.807) is 19.1 Å². The van der Waals surface area contributed by atoms with Crippen molar-refractivity contribution < 1.29 is 27.5 Å². The van der Waals surface area contributed by atoms with Gasteiger partial charge in [-0.15, -0.1) is 0 Å². The van der Waals surface area contributed by atoms with E-state index in [0.29, 0.717) is 17.9 Å². The topological polar surface area (TPSA) is 77.4 Å². The minimum Gasteiger partial charge on any atom is -0.493 e. The number of fused-ring (bicyclic) bond motifs is 1. The van der Waals surface area contributed by atoms with Crippen LogP contribution in [0.3, 0.4) is 0 Å². The zero-order chi connectivity index (χ0) is 24.4. The van der Waals surface area contributed by atoms with Crippen molar-refractivity contribution in [2.75, 3.05) is 11.9 Å². The molecule has 0 saturated carbocycles. The normalized spacial score (nSPS) is 13.4. The van der Waals surface area contributed by atoms with Crippen LogP contribution in [0.5, 0.6) is 5.75 Å². The number of aromatic nitrogens is 1. The first-order valence-electron chi connectivity index (χ1n) is 10.6. The van der Waals surface area contributed by atoms with Crippen LogP contribution in [0.15, 0.2) is 53.5 Å². The van der Waals surface area contributed by atoms with Crippen molar-refractivity contribution in [1.82, 2.24) is 4.57 Å². The molecule has 9 heteroatoms. The maximum Gasteiger partial charge on any atom is 0.261 e. The smallest absolute Gasteiger partial charge is 0.261 e. The molecule has 3 aromatic rings. The van der Waals surface area contributed by atoms with Gasteiger partial charge in [0.2, 0.25) is 5.91 Å². The number of nitrogens with zero attached hydrogens (tertiary/aromatic N) is 1. The van der Waals surface area contributed by atoms with Crippen molar-refractivity contribution in [3.63, 3.8) is 0 Å². The summed E-state index contributed by atoms with van der Waals surface area (Å²) >= 11 is 0. The summed E-state index contributed by atoms with van der Waals surface area (Å²) in [5.41, 5.74) is 0.984. The van der Waals surface area contributed by atoms with Crippen molar-refractivity contribution in [1.29, 1.82) is 0 Å². The maximum atomic E-state index is 13.5. The molecule has 1 aliphatic rings. The van der Waals surface area contributed by atoms with Crippen LogP contribution >= 0.6 is 0 Å². The lowest BCUT2D eigenvalue weighted by molar-refractivity contribution is -0.115. The number of benzene rings is 2. The number of Topliss-reactive ketones (excluding diaryl/α,β-unsaturated/α-hetero) is 1. The second-order valence-corrected chi connectivity index (χ2v) is 8.32. The van der Waals surface area contributed by atoms with Crippen LogP contribution in [-0.2, 0) is 17.8 Å². The molecule has 0 aliphatic carbocycles. The monoisotopic (exact) mass is 470 g/mol. The van der Waals surface area contributed by atoms with Crippen LogP contribution in [0.2, 0.25) is 0 Å². The first-order valence-corrected chi connectivity index (χ1v) is 10.6. The molecule has 0 bridgehead atoms. The van der Waals surface area contributed by atoms with E-state index in [0.717, 1.165) is 22.3 Å². The molecule has 0 unspecified atom stereocenters. The molecule has 4 rings (SSSR count). The average Bonchev–Trinajstić information content (AvgIpc) is 3.16. The van der Waals surface area contributed by atoms with E-state index in [1.165, 1.54) is 18.3 Å². The van der Waals surface area contributed by atoms with Gasteiger partial charge in [-0.05, 0) is 47.4 Å². The van der Waals surface area contributed by atoms with Crippen LogP contribution in [0, 0.1) is 23.4 Å². The Hall–Kier alpha value is -3.88. The number of pyridine rings is 1. The van der Waals surface area contributed by atoms with Crippen LogP contribution in [0.4, 0.5) is 18.9 Å². The lowest BCUT2D eigenvalue weighted by atomic mass is 10.0. The number of hydrogen-bond donors (Lipinski definition) is 1. The van der Waals surface area contributed by atoms with E-state index in [4.69, 9.17) is 4.74 Å². The van der Waals surface area contributed by atoms with Gasteiger partial charge in [-0.25, -0.2) is 13.2 Å². The van der Waals surface area contributed by atoms with E-state index < -0.39 is 28.8 Å². The quantitative estimate of drug-likeness (QED) is 0.397. The lowest BCUT2D eigenvalue weighted by Crippen LogP contribution is -2.27. The Morgan fingerprint density at radius 1 is 1.12 bits per heavy atom. The van der Waals surface area contributed by atoms with Crippen LogP contribution in [0.25, 0.3) is 0 Å². The maximum absolute atomic E-state index is 13.5. The molecule has 1 amide bonds. The number of amides is 1. The summed E-state index contributed by atoms with van der Waals surface area (Å²) in [6, 6.07) is 9.79. The SMILES string of the molecule is C[C@H](COc1ccc2c(c1)NC(=O)C2)CC(=O)c1cccn(Cc2cc(F)c(F)c(F)c2)c1=O. The standard InChI is InChI=1S/C25H21F3N2O4/c1-14(13-34-17-5-4-16-10-23(32)29-21(16)11-17)7-22(31)18-3-2-6-30(25(18)33)12-15-8-19(26)24(28)20(27)9-15/h2-6,8-9,11,14H,7,10,12-13H2,1H3,(H,29,32)/t14-/m0/s1. The van der Waals surface area contributed by atoms with Gasteiger partial charge in [-0.2, -0.15) is 0 Å². The Balaban J connectivity index is 1.40. The van der Waals surface area contributed by atoms with Crippen molar-refractivity contribution in [2.45, 2.75) is 26.3 Å². The highest BCUT2D eigenvalue weighted by Gasteiger charge is 2.19. The van der Waals surface area contributed by atoms with Gasteiger partial charge in [0.25, 0.3) is 5.56 Å². The van der Waals surface area contributed by atoms with E-state index in [-0.39, 0.29) is 42.5 Å². The molecular formula is C25H21F3N2O4. The van der Waals surface area contributed by atoms with E-state index >= 15 is 0 Å². The fourth-order valence-corrected chi connectivity index (χ4v) is 3.78. The van der Waals surface area contributed by atoms with E-state index in [1.807, 2.05) is 6.07 Å². The summed E-state index contributed by atoms with van der Waals surface area (Å²) in [5, 5.41) is 2.75. The molecule has 1 aromatic heterocycles. The van der Waals surface area contributed by atoms with E-state index in [2.05, 4.69) is 5.32 Å². The molecule has 1 atom stereocenters. The molecule has 0 saturated heterocycles. The van der Waals surface area contributed by atoms with Crippen molar-refractivity contribution in [2.24, 2.45) is 5.92 Å². The largest absolute Gasteiger partial charge is 0.493 e. The third-order valence-corrected chi connectivity index (χ3v) is 5.49. The Morgan fingerprint density at radius 3 is 2.59 bits per heavy atom. The van der Waals surface area contributed by atoms with Crippen molar-refractivity contribution in [3.8, 4) is 5.75 Å². The minimum atomic E-state index is -1.58. The predicted molar refractivity (Wildman–Crippen MR) is 119 cm³/mol. The Labute approximate surface area is 193 Å². The number of carbonyl (C=O) groups excluding carboxylic acids is 2.